The summed E-state index contributed by atoms with van der Waals surface area (Å²) in [4.78, 5) is 22.9. The largest absolute Gasteiger partial charge is 0.497 e. The van der Waals surface area contributed by atoms with Crippen LogP contribution in [0.25, 0.3) is 0 Å². The van der Waals surface area contributed by atoms with Crippen LogP contribution < -0.4 is 4.74 Å². The highest BCUT2D eigenvalue weighted by molar-refractivity contribution is 7.99. The van der Waals surface area contributed by atoms with E-state index in [4.69, 9.17) is 4.74 Å². The van der Waals surface area contributed by atoms with E-state index in [9.17, 15) is 4.79 Å². The summed E-state index contributed by atoms with van der Waals surface area (Å²) in [6.07, 6.45) is 3.17. The summed E-state index contributed by atoms with van der Waals surface area (Å²) >= 11 is 1.76. The molecule has 2 aromatic rings. The first-order valence-corrected chi connectivity index (χ1v) is 8.09. The molecule has 0 N–H and O–H groups in total. The molecule has 1 aliphatic heterocycles. The van der Waals surface area contributed by atoms with Crippen molar-refractivity contribution in [3.63, 3.8) is 0 Å². The van der Waals surface area contributed by atoms with Crippen molar-refractivity contribution in [1.29, 1.82) is 0 Å². The van der Waals surface area contributed by atoms with Crippen LogP contribution in [0.5, 0.6) is 5.75 Å². The quantitative estimate of drug-likeness (QED) is 0.871. The number of hydrogen-bond donors (Lipinski definition) is 0. The smallest absolute Gasteiger partial charge is 0.275 e. The molecule has 2 heterocycles. The van der Waals surface area contributed by atoms with Crippen LogP contribution in [-0.4, -0.2) is 40.2 Å². The molecule has 1 fully saturated rings. The zero-order valence-electron chi connectivity index (χ0n) is 12.5. The molecule has 1 aliphatic rings. The van der Waals surface area contributed by atoms with Crippen molar-refractivity contribution >= 4 is 17.7 Å². The van der Waals surface area contributed by atoms with E-state index in [1.54, 1.807) is 31.3 Å². The molecule has 22 heavy (non-hydrogen) atoms. The number of amides is 1. The Hall–Kier alpha value is -2.08. The molecule has 1 amide bonds. The van der Waals surface area contributed by atoms with Crippen molar-refractivity contribution in [1.82, 2.24) is 14.9 Å². The van der Waals surface area contributed by atoms with E-state index in [0.717, 1.165) is 29.3 Å². The van der Waals surface area contributed by atoms with Crippen molar-refractivity contribution in [2.45, 2.75) is 12.3 Å². The first-order chi connectivity index (χ1) is 10.7. The topological polar surface area (TPSA) is 55.3 Å². The summed E-state index contributed by atoms with van der Waals surface area (Å²) in [5.74, 6) is 1.66. The number of carbonyl (C=O) groups is 1. The SMILES string of the molecule is COc1ccc(C2SCCN2C(=O)c2cnc(C)cn2)cc1. The average Bonchev–Trinajstić information content (AvgIpc) is 3.04. The summed E-state index contributed by atoms with van der Waals surface area (Å²) in [5.41, 5.74) is 2.29. The molecule has 0 bridgehead atoms. The average molecular weight is 315 g/mol. The first-order valence-electron chi connectivity index (χ1n) is 7.04. The van der Waals surface area contributed by atoms with Crippen molar-refractivity contribution < 1.29 is 9.53 Å². The predicted molar refractivity (Wildman–Crippen MR) is 86.0 cm³/mol. The highest BCUT2D eigenvalue weighted by Gasteiger charge is 2.31. The van der Waals surface area contributed by atoms with Gasteiger partial charge in [-0.25, -0.2) is 4.98 Å². The second-order valence-electron chi connectivity index (χ2n) is 5.04. The molecule has 0 saturated carbocycles. The molecule has 1 aromatic carbocycles. The number of carbonyl (C=O) groups excluding carboxylic acids is 1. The van der Waals surface area contributed by atoms with Gasteiger partial charge in [0.25, 0.3) is 5.91 Å². The van der Waals surface area contributed by atoms with Gasteiger partial charge in [0.05, 0.1) is 19.0 Å². The highest BCUT2D eigenvalue weighted by Crippen LogP contribution is 2.38. The first kappa shape index (κ1) is 14.8. The lowest BCUT2D eigenvalue weighted by Gasteiger charge is -2.23. The van der Waals surface area contributed by atoms with Crippen LogP contribution in [0.1, 0.15) is 27.1 Å². The van der Waals surface area contributed by atoms with Gasteiger partial charge in [0, 0.05) is 18.5 Å². The fraction of sp³-hybridized carbons (Fsp3) is 0.312. The number of rotatable bonds is 3. The normalized spacial score (nSPS) is 17.5. The third-order valence-electron chi connectivity index (χ3n) is 3.55. The van der Waals surface area contributed by atoms with Gasteiger partial charge < -0.3 is 9.64 Å². The summed E-state index contributed by atoms with van der Waals surface area (Å²) in [6, 6.07) is 7.84. The lowest BCUT2D eigenvalue weighted by atomic mass is 10.2. The van der Waals surface area contributed by atoms with Gasteiger partial charge >= 0.3 is 0 Å². The van der Waals surface area contributed by atoms with Gasteiger partial charge in [-0.15, -0.1) is 11.8 Å². The molecular weight excluding hydrogens is 298 g/mol. The predicted octanol–water partition coefficient (Wildman–Crippen LogP) is 2.68. The fourth-order valence-corrected chi connectivity index (χ4v) is 3.63. The van der Waals surface area contributed by atoms with Gasteiger partial charge in [0.2, 0.25) is 0 Å². The number of benzene rings is 1. The fourth-order valence-electron chi connectivity index (χ4n) is 2.37. The third kappa shape index (κ3) is 2.92. The number of ether oxygens (including phenoxy) is 1. The number of aryl methyl sites for hydroxylation is 1. The highest BCUT2D eigenvalue weighted by atomic mass is 32.2. The van der Waals surface area contributed by atoms with Crippen LogP contribution in [0.3, 0.4) is 0 Å². The number of hydrogen-bond acceptors (Lipinski definition) is 5. The van der Waals surface area contributed by atoms with E-state index in [2.05, 4.69) is 9.97 Å². The lowest BCUT2D eigenvalue weighted by Crippen LogP contribution is -2.31. The third-order valence-corrected chi connectivity index (χ3v) is 4.81. The number of methoxy groups -OCH3 is 1. The molecule has 1 unspecified atom stereocenters. The van der Waals surface area contributed by atoms with Crippen molar-refractivity contribution in [3.05, 3.63) is 53.6 Å². The van der Waals surface area contributed by atoms with E-state index >= 15 is 0 Å². The summed E-state index contributed by atoms with van der Waals surface area (Å²) in [7, 11) is 1.64. The Balaban J connectivity index is 1.82. The summed E-state index contributed by atoms with van der Waals surface area (Å²) in [6.45, 7) is 2.57. The van der Waals surface area contributed by atoms with Crippen molar-refractivity contribution in [2.24, 2.45) is 0 Å². The Kier molecular flexibility index (Phi) is 4.29. The molecule has 0 aliphatic carbocycles. The van der Waals surface area contributed by atoms with E-state index in [0.29, 0.717) is 5.69 Å². The number of thioether (sulfide) groups is 1. The molecule has 0 radical (unpaired) electrons. The maximum absolute atomic E-state index is 12.7. The number of aromatic nitrogens is 2. The van der Waals surface area contributed by atoms with E-state index in [1.165, 1.54) is 0 Å². The van der Waals surface area contributed by atoms with Crippen LogP contribution in [0.4, 0.5) is 0 Å². The molecule has 1 saturated heterocycles. The molecule has 0 spiro atoms. The summed E-state index contributed by atoms with van der Waals surface area (Å²) in [5, 5.41) is 0.0153. The standard InChI is InChI=1S/C16H17N3O2S/c1-11-9-18-14(10-17-11)15(20)19-7-8-22-16(19)12-3-5-13(21-2)6-4-12/h3-6,9-10,16H,7-8H2,1-2H3. The molecular formula is C16H17N3O2S. The molecule has 3 rings (SSSR count). The molecule has 1 aromatic heterocycles. The Morgan fingerprint density at radius 1 is 1.27 bits per heavy atom. The minimum Gasteiger partial charge on any atom is -0.497 e. The maximum Gasteiger partial charge on any atom is 0.275 e. The van der Waals surface area contributed by atoms with E-state index in [-0.39, 0.29) is 11.3 Å². The van der Waals surface area contributed by atoms with Crippen LogP contribution in [-0.2, 0) is 0 Å². The Labute approximate surface area is 133 Å². The van der Waals surface area contributed by atoms with Crippen molar-refractivity contribution in [3.8, 4) is 5.75 Å². The van der Waals surface area contributed by atoms with Gasteiger partial charge in [-0.05, 0) is 24.6 Å². The minimum atomic E-state index is -0.0710. The molecule has 1 atom stereocenters. The molecule has 6 heteroatoms. The zero-order valence-corrected chi connectivity index (χ0v) is 13.3. The molecule has 5 nitrogen and oxygen atoms in total. The van der Waals surface area contributed by atoms with Gasteiger partial charge in [0.15, 0.2) is 0 Å². The Morgan fingerprint density at radius 2 is 2.05 bits per heavy atom. The lowest BCUT2D eigenvalue weighted by molar-refractivity contribution is 0.0754. The van der Waals surface area contributed by atoms with Crippen LogP contribution in [0.15, 0.2) is 36.7 Å². The second-order valence-corrected chi connectivity index (χ2v) is 6.23. The van der Waals surface area contributed by atoms with Gasteiger partial charge in [-0.3, -0.25) is 9.78 Å². The Morgan fingerprint density at radius 3 is 2.68 bits per heavy atom. The van der Waals surface area contributed by atoms with Crippen molar-refractivity contribution in [2.75, 3.05) is 19.4 Å². The van der Waals surface area contributed by atoms with E-state index < -0.39 is 0 Å². The molecule has 114 valence electrons. The van der Waals surface area contributed by atoms with Crippen LogP contribution in [0, 0.1) is 6.92 Å². The Bertz CT molecular complexity index is 658. The van der Waals surface area contributed by atoms with Gasteiger partial charge in [-0.1, -0.05) is 12.1 Å². The number of nitrogens with zero attached hydrogens (tertiary/aromatic N) is 3. The monoisotopic (exact) mass is 315 g/mol. The van der Waals surface area contributed by atoms with E-state index in [1.807, 2.05) is 36.1 Å². The van der Waals surface area contributed by atoms with Crippen LogP contribution in [0.2, 0.25) is 0 Å². The van der Waals surface area contributed by atoms with Gasteiger partial charge in [-0.2, -0.15) is 0 Å². The van der Waals surface area contributed by atoms with Crippen LogP contribution >= 0.6 is 11.8 Å². The van der Waals surface area contributed by atoms with Gasteiger partial charge in [0.1, 0.15) is 16.8 Å². The minimum absolute atomic E-state index is 0.0153. The zero-order chi connectivity index (χ0) is 15.5. The second kappa shape index (κ2) is 6.36. The maximum atomic E-state index is 12.7. The summed E-state index contributed by atoms with van der Waals surface area (Å²) < 4.78 is 5.18.